The molecule has 174 valence electrons. The molecule has 0 aliphatic carbocycles. The summed E-state index contributed by atoms with van der Waals surface area (Å²) in [6.07, 6.45) is 1.41. The normalized spacial score (nSPS) is 10.7. The summed E-state index contributed by atoms with van der Waals surface area (Å²) in [6, 6.07) is 20.8. The minimum Gasteiger partial charge on any atom is -0.423 e. The van der Waals surface area contributed by atoms with Crippen LogP contribution in [0.3, 0.4) is 0 Å². The van der Waals surface area contributed by atoms with Crippen LogP contribution in [-0.2, 0) is 11.3 Å². The van der Waals surface area contributed by atoms with Crippen molar-refractivity contribution in [1.29, 1.82) is 0 Å². The number of tetrazole rings is 1. The van der Waals surface area contributed by atoms with E-state index in [0.29, 0.717) is 11.4 Å². The maximum atomic E-state index is 12.2. The predicted molar refractivity (Wildman–Crippen MR) is 123 cm³/mol. The summed E-state index contributed by atoms with van der Waals surface area (Å²) in [7, 11) is 0. The number of nitro groups is 1. The molecule has 0 saturated heterocycles. The van der Waals surface area contributed by atoms with Crippen molar-refractivity contribution in [1.82, 2.24) is 25.6 Å². The van der Waals surface area contributed by atoms with Crippen molar-refractivity contribution in [2.24, 2.45) is 5.10 Å². The number of hydrogen-bond acceptors (Lipinski definition) is 9. The molecular formula is C23H17N7O5. The zero-order valence-corrected chi connectivity index (χ0v) is 18.0. The Labute approximate surface area is 198 Å². The number of esters is 1. The van der Waals surface area contributed by atoms with E-state index in [1.54, 1.807) is 12.1 Å². The molecule has 12 heteroatoms. The van der Waals surface area contributed by atoms with Crippen molar-refractivity contribution in [3.05, 3.63) is 100 Å². The highest BCUT2D eigenvalue weighted by Gasteiger charge is 2.13. The molecule has 0 radical (unpaired) electrons. The quantitative estimate of drug-likeness (QED) is 0.135. The molecule has 4 aromatic rings. The molecule has 1 N–H and O–H groups in total. The van der Waals surface area contributed by atoms with Gasteiger partial charge >= 0.3 is 5.97 Å². The van der Waals surface area contributed by atoms with Gasteiger partial charge in [0.1, 0.15) is 12.3 Å². The molecule has 0 unspecified atom stereocenters. The van der Waals surface area contributed by atoms with E-state index in [1.165, 1.54) is 36.5 Å². The number of ether oxygens (including phenoxy) is 1. The number of carbonyl (C=O) groups is 2. The molecule has 0 saturated carbocycles. The van der Waals surface area contributed by atoms with Gasteiger partial charge in [-0.2, -0.15) is 9.90 Å². The van der Waals surface area contributed by atoms with Crippen LogP contribution in [0, 0.1) is 10.1 Å². The first-order valence-corrected chi connectivity index (χ1v) is 10.2. The van der Waals surface area contributed by atoms with E-state index in [9.17, 15) is 19.7 Å². The maximum Gasteiger partial charge on any atom is 0.343 e. The van der Waals surface area contributed by atoms with Crippen molar-refractivity contribution < 1.29 is 19.2 Å². The summed E-state index contributed by atoms with van der Waals surface area (Å²) in [5.41, 5.74) is 3.65. The second-order valence-corrected chi connectivity index (χ2v) is 7.07. The average Bonchev–Trinajstić information content (AvgIpc) is 3.34. The molecule has 0 bridgehead atoms. The van der Waals surface area contributed by atoms with E-state index in [-0.39, 0.29) is 23.5 Å². The number of benzene rings is 3. The monoisotopic (exact) mass is 471 g/mol. The van der Waals surface area contributed by atoms with Gasteiger partial charge in [-0.15, -0.1) is 10.2 Å². The van der Waals surface area contributed by atoms with Gasteiger partial charge in [0, 0.05) is 17.7 Å². The lowest BCUT2D eigenvalue weighted by Crippen LogP contribution is -2.24. The van der Waals surface area contributed by atoms with Crippen LogP contribution in [0.25, 0.3) is 11.4 Å². The Bertz CT molecular complexity index is 1380. The minimum atomic E-state index is -0.723. The SMILES string of the molecule is O=C(Cn1nnc(-c2ccccc2)n1)N/N=C\c1ccc(OC(=O)c2cccc([N+](=O)[O-])c2)cc1. The number of aromatic nitrogens is 4. The summed E-state index contributed by atoms with van der Waals surface area (Å²) >= 11 is 0. The van der Waals surface area contributed by atoms with E-state index < -0.39 is 16.8 Å². The van der Waals surface area contributed by atoms with Crippen molar-refractivity contribution in [2.45, 2.75) is 6.54 Å². The molecule has 3 aromatic carbocycles. The first kappa shape index (κ1) is 22.9. The first-order chi connectivity index (χ1) is 17.0. The fourth-order valence-electron chi connectivity index (χ4n) is 2.89. The second kappa shape index (κ2) is 10.6. The largest absolute Gasteiger partial charge is 0.423 e. The molecule has 35 heavy (non-hydrogen) atoms. The van der Waals surface area contributed by atoms with Crippen LogP contribution in [0.2, 0.25) is 0 Å². The van der Waals surface area contributed by atoms with Gasteiger partial charge in [-0.1, -0.05) is 36.4 Å². The summed E-state index contributed by atoms with van der Waals surface area (Å²) in [6.45, 7) is -0.163. The molecular weight excluding hydrogens is 454 g/mol. The van der Waals surface area contributed by atoms with Gasteiger partial charge in [0.25, 0.3) is 11.6 Å². The fraction of sp³-hybridized carbons (Fsp3) is 0.0435. The summed E-state index contributed by atoms with van der Waals surface area (Å²) in [5, 5.41) is 26.7. The van der Waals surface area contributed by atoms with Crippen LogP contribution in [0.1, 0.15) is 15.9 Å². The van der Waals surface area contributed by atoms with E-state index in [4.69, 9.17) is 4.74 Å². The number of nitro benzene ring substituents is 1. The Morgan fingerprint density at radius 2 is 1.83 bits per heavy atom. The Balaban J connectivity index is 1.28. The predicted octanol–water partition coefficient (Wildman–Crippen LogP) is 2.62. The molecule has 1 aromatic heterocycles. The van der Waals surface area contributed by atoms with E-state index in [1.807, 2.05) is 30.3 Å². The van der Waals surface area contributed by atoms with Crippen molar-refractivity contribution in [2.75, 3.05) is 0 Å². The minimum absolute atomic E-state index is 0.0605. The van der Waals surface area contributed by atoms with Gasteiger partial charge in [-0.3, -0.25) is 14.9 Å². The lowest BCUT2D eigenvalue weighted by Gasteiger charge is -2.04. The number of nitrogens with one attached hydrogen (secondary N) is 1. The van der Waals surface area contributed by atoms with Gasteiger partial charge in [-0.05, 0) is 41.1 Å². The smallest absolute Gasteiger partial charge is 0.343 e. The molecule has 4 rings (SSSR count). The van der Waals surface area contributed by atoms with Gasteiger partial charge in [0.2, 0.25) is 5.82 Å². The molecule has 0 aliphatic rings. The number of hydrazone groups is 1. The molecule has 0 spiro atoms. The van der Waals surface area contributed by atoms with Gasteiger partial charge in [0.15, 0.2) is 0 Å². The van der Waals surface area contributed by atoms with Crippen LogP contribution in [0.4, 0.5) is 5.69 Å². The number of hydrogen-bond donors (Lipinski definition) is 1. The third-order valence-corrected chi connectivity index (χ3v) is 4.56. The molecule has 1 heterocycles. The van der Waals surface area contributed by atoms with Gasteiger partial charge < -0.3 is 4.74 Å². The number of amides is 1. The highest BCUT2D eigenvalue weighted by molar-refractivity contribution is 5.92. The number of nitrogens with zero attached hydrogens (tertiary/aromatic N) is 6. The fourth-order valence-corrected chi connectivity index (χ4v) is 2.89. The highest BCUT2D eigenvalue weighted by atomic mass is 16.6. The van der Waals surface area contributed by atoms with Crippen molar-refractivity contribution >= 4 is 23.8 Å². The van der Waals surface area contributed by atoms with E-state index >= 15 is 0 Å². The topological polar surface area (TPSA) is 155 Å². The van der Waals surface area contributed by atoms with E-state index in [0.717, 1.165) is 16.4 Å². The van der Waals surface area contributed by atoms with Gasteiger partial charge in [0.05, 0.1) is 16.7 Å². The highest BCUT2D eigenvalue weighted by Crippen LogP contribution is 2.17. The summed E-state index contributed by atoms with van der Waals surface area (Å²) in [5.74, 6) is -0.511. The van der Waals surface area contributed by atoms with Crippen LogP contribution in [0.15, 0.2) is 84.0 Å². The Morgan fingerprint density at radius 3 is 2.57 bits per heavy atom. The Kier molecular flexibility index (Phi) is 6.92. The zero-order valence-electron chi connectivity index (χ0n) is 18.0. The molecule has 0 atom stereocenters. The van der Waals surface area contributed by atoms with Crippen LogP contribution >= 0.6 is 0 Å². The maximum absolute atomic E-state index is 12.2. The summed E-state index contributed by atoms with van der Waals surface area (Å²) in [4.78, 5) is 35.7. The standard InChI is InChI=1S/C23H17N7O5/c31-21(15-29-27-22(26-28-29)17-5-2-1-3-6-17)25-24-14-16-9-11-20(12-10-16)35-23(32)18-7-4-8-19(13-18)30(33)34/h1-14H,15H2,(H,25,31)/b24-14-. The number of rotatable bonds is 8. The molecule has 12 nitrogen and oxygen atoms in total. The van der Waals surface area contributed by atoms with Crippen LogP contribution < -0.4 is 10.2 Å². The first-order valence-electron chi connectivity index (χ1n) is 10.2. The van der Waals surface area contributed by atoms with E-state index in [2.05, 4.69) is 25.9 Å². The lowest BCUT2D eigenvalue weighted by molar-refractivity contribution is -0.384. The number of non-ortho nitro benzene ring substituents is 1. The zero-order chi connectivity index (χ0) is 24.6. The summed E-state index contributed by atoms with van der Waals surface area (Å²) < 4.78 is 5.23. The molecule has 1 amide bonds. The Hall–Kier alpha value is -5.26. The lowest BCUT2D eigenvalue weighted by atomic mass is 10.2. The van der Waals surface area contributed by atoms with Crippen LogP contribution in [-0.4, -0.2) is 43.2 Å². The third kappa shape index (κ3) is 6.16. The van der Waals surface area contributed by atoms with Crippen molar-refractivity contribution in [3.8, 4) is 17.1 Å². The average molecular weight is 471 g/mol. The number of carbonyl (C=O) groups excluding carboxylic acids is 2. The Morgan fingerprint density at radius 1 is 1.06 bits per heavy atom. The van der Waals surface area contributed by atoms with Crippen LogP contribution in [0.5, 0.6) is 5.75 Å². The third-order valence-electron chi connectivity index (χ3n) is 4.56. The van der Waals surface area contributed by atoms with Crippen molar-refractivity contribution in [3.63, 3.8) is 0 Å². The second-order valence-electron chi connectivity index (χ2n) is 7.07. The molecule has 0 fully saturated rings. The van der Waals surface area contributed by atoms with Gasteiger partial charge in [-0.25, -0.2) is 10.2 Å². The molecule has 0 aliphatic heterocycles.